The smallest absolute Gasteiger partial charge is 0.410 e. The topological polar surface area (TPSA) is 84.9 Å². The first-order valence-electron chi connectivity index (χ1n) is 9.57. The molecule has 2 amide bonds. The number of nitrogens with zero attached hydrogens (tertiary/aromatic N) is 1. The zero-order valence-corrected chi connectivity index (χ0v) is 16.1. The van der Waals surface area contributed by atoms with Gasteiger partial charge in [-0.25, -0.2) is 9.59 Å². The van der Waals surface area contributed by atoms with Crippen LogP contribution in [0.5, 0.6) is 0 Å². The summed E-state index contributed by atoms with van der Waals surface area (Å²) in [5, 5.41) is 2.58. The monoisotopic (exact) mass is 396 g/mol. The van der Waals surface area contributed by atoms with Gasteiger partial charge in [0.15, 0.2) is 5.78 Å². The second kappa shape index (κ2) is 10.3. The Hall–Kier alpha value is -3.35. The first-order chi connectivity index (χ1) is 14.1. The van der Waals surface area contributed by atoms with Crippen LogP contribution in [0, 0.1) is 0 Å². The maximum absolute atomic E-state index is 12.4. The maximum atomic E-state index is 12.4. The molecule has 2 aromatic rings. The van der Waals surface area contributed by atoms with Crippen molar-refractivity contribution in [2.45, 2.75) is 32.1 Å². The van der Waals surface area contributed by atoms with E-state index in [0.717, 1.165) is 11.1 Å². The Morgan fingerprint density at radius 1 is 0.931 bits per heavy atom. The molecule has 0 bridgehead atoms. The summed E-state index contributed by atoms with van der Waals surface area (Å²) in [4.78, 5) is 38.3. The molecule has 0 aromatic heterocycles. The molecule has 7 nitrogen and oxygen atoms in total. The van der Waals surface area contributed by atoms with Crippen LogP contribution in [0.1, 0.15) is 24.0 Å². The van der Waals surface area contributed by atoms with Crippen molar-refractivity contribution in [1.82, 2.24) is 10.2 Å². The van der Waals surface area contributed by atoms with Crippen LogP contribution in [0.4, 0.5) is 9.59 Å². The molecule has 0 aliphatic carbocycles. The fourth-order valence-electron chi connectivity index (χ4n) is 3.04. The molecule has 29 heavy (non-hydrogen) atoms. The van der Waals surface area contributed by atoms with Crippen molar-refractivity contribution < 1.29 is 23.9 Å². The van der Waals surface area contributed by atoms with E-state index in [1.165, 1.54) is 4.90 Å². The lowest BCUT2D eigenvalue weighted by atomic mass is 10.1. The quantitative estimate of drug-likeness (QED) is 0.838. The van der Waals surface area contributed by atoms with Gasteiger partial charge in [-0.2, -0.15) is 0 Å². The van der Waals surface area contributed by atoms with Crippen LogP contribution in [-0.4, -0.2) is 42.0 Å². The molecule has 1 heterocycles. The average Bonchev–Trinajstić information content (AvgIpc) is 2.93. The van der Waals surface area contributed by atoms with Gasteiger partial charge >= 0.3 is 12.2 Å². The number of ketones is 1. The van der Waals surface area contributed by atoms with Gasteiger partial charge in [0.1, 0.15) is 19.3 Å². The van der Waals surface area contributed by atoms with E-state index in [1.54, 1.807) is 0 Å². The third kappa shape index (κ3) is 6.34. The summed E-state index contributed by atoms with van der Waals surface area (Å²) in [7, 11) is 0. The van der Waals surface area contributed by atoms with Gasteiger partial charge in [0.05, 0.1) is 6.54 Å². The zero-order valence-electron chi connectivity index (χ0n) is 16.1. The van der Waals surface area contributed by atoms with Crippen molar-refractivity contribution in [2.75, 3.05) is 13.1 Å². The third-order valence-corrected chi connectivity index (χ3v) is 4.61. The van der Waals surface area contributed by atoms with E-state index >= 15 is 0 Å². The summed E-state index contributed by atoms with van der Waals surface area (Å²) in [5.74, 6) is -0.125. The molecular formula is C22H24N2O5. The SMILES string of the molecule is O=C(N[C@H]1CN(C(=O)OCc2ccccc2)CCCC1=O)OCc1ccccc1. The Kier molecular flexibility index (Phi) is 7.22. The minimum Gasteiger partial charge on any atom is -0.445 e. The number of Topliss-reactive ketones (excluding diaryl/α,β-unsaturated/α-hetero) is 1. The van der Waals surface area contributed by atoms with E-state index in [-0.39, 0.29) is 32.0 Å². The standard InChI is InChI=1S/C22H24N2O5/c25-20-12-7-13-24(22(27)29-16-18-10-5-2-6-11-18)14-19(20)23-21(26)28-15-17-8-3-1-4-9-17/h1-6,8-11,19H,7,12-16H2,(H,23,26)/t19-/m0/s1. The average molecular weight is 396 g/mol. The van der Waals surface area contributed by atoms with Gasteiger partial charge in [0.2, 0.25) is 0 Å². The van der Waals surface area contributed by atoms with Gasteiger partial charge in [0, 0.05) is 13.0 Å². The van der Waals surface area contributed by atoms with Crippen molar-refractivity contribution >= 4 is 18.0 Å². The first kappa shape index (κ1) is 20.4. The Bertz CT molecular complexity index is 826. The molecule has 2 aromatic carbocycles. The number of nitrogens with one attached hydrogen (secondary N) is 1. The van der Waals surface area contributed by atoms with Crippen LogP contribution in [0.25, 0.3) is 0 Å². The predicted octanol–water partition coefficient (Wildman–Crippen LogP) is 3.28. The second-order valence-electron chi connectivity index (χ2n) is 6.81. The minimum absolute atomic E-state index is 0.0624. The molecule has 1 fully saturated rings. The van der Waals surface area contributed by atoms with Gasteiger partial charge in [-0.05, 0) is 17.5 Å². The number of amides is 2. The minimum atomic E-state index is -0.815. The maximum Gasteiger partial charge on any atom is 0.410 e. The van der Waals surface area contributed by atoms with E-state index < -0.39 is 18.2 Å². The highest BCUT2D eigenvalue weighted by Crippen LogP contribution is 2.11. The van der Waals surface area contributed by atoms with Gasteiger partial charge in [-0.1, -0.05) is 60.7 Å². The lowest BCUT2D eigenvalue weighted by Crippen LogP contribution is -2.48. The Labute approximate surface area is 169 Å². The molecule has 0 unspecified atom stereocenters. The van der Waals surface area contributed by atoms with E-state index in [0.29, 0.717) is 13.0 Å². The highest BCUT2D eigenvalue weighted by molar-refractivity contribution is 5.88. The molecule has 3 rings (SSSR count). The van der Waals surface area contributed by atoms with Crippen LogP contribution in [0.15, 0.2) is 60.7 Å². The van der Waals surface area contributed by atoms with E-state index in [2.05, 4.69) is 5.32 Å². The normalized spacial score (nSPS) is 16.6. The van der Waals surface area contributed by atoms with Crippen LogP contribution in [0.2, 0.25) is 0 Å². The summed E-state index contributed by atoms with van der Waals surface area (Å²) in [5.41, 5.74) is 1.73. The number of hydrogen-bond donors (Lipinski definition) is 1. The lowest BCUT2D eigenvalue weighted by molar-refractivity contribution is -0.120. The van der Waals surface area contributed by atoms with Crippen molar-refractivity contribution in [1.29, 1.82) is 0 Å². The fourth-order valence-corrected chi connectivity index (χ4v) is 3.04. The van der Waals surface area contributed by atoms with E-state index in [1.807, 2.05) is 60.7 Å². The summed E-state index contributed by atoms with van der Waals surface area (Å²) in [6.45, 7) is 0.723. The molecule has 1 aliphatic rings. The molecule has 1 N–H and O–H groups in total. The van der Waals surface area contributed by atoms with Crippen molar-refractivity contribution in [3.63, 3.8) is 0 Å². The van der Waals surface area contributed by atoms with Crippen molar-refractivity contribution in [3.8, 4) is 0 Å². The molecule has 1 aliphatic heterocycles. The summed E-state index contributed by atoms with van der Waals surface area (Å²) >= 11 is 0. The highest BCUT2D eigenvalue weighted by atomic mass is 16.6. The van der Waals surface area contributed by atoms with Crippen LogP contribution in [0.3, 0.4) is 0 Å². The highest BCUT2D eigenvalue weighted by Gasteiger charge is 2.30. The molecule has 152 valence electrons. The third-order valence-electron chi connectivity index (χ3n) is 4.61. The zero-order chi connectivity index (χ0) is 20.5. The van der Waals surface area contributed by atoms with E-state index in [9.17, 15) is 14.4 Å². The van der Waals surface area contributed by atoms with Crippen molar-refractivity contribution in [3.05, 3.63) is 71.8 Å². The number of ether oxygens (including phenoxy) is 2. The van der Waals surface area contributed by atoms with Crippen LogP contribution < -0.4 is 5.32 Å². The van der Waals surface area contributed by atoms with Gasteiger partial charge in [-0.3, -0.25) is 4.79 Å². The van der Waals surface area contributed by atoms with Crippen molar-refractivity contribution in [2.24, 2.45) is 0 Å². The van der Waals surface area contributed by atoms with Gasteiger partial charge < -0.3 is 19.7 Å². The van der Waals surface area contributed by atoms with Gasteiger partial charge in [0.25, 0.3) is 0 Å². The number of carbonyl (C=O) groups excluding carboxylic acids is 3. The molecule has 1 saturated heterocycles. The van der Waals surface area contributed by atoms with Gasteiger partial charge in [-0.15, -0.1) is 0 Å². The Morgan fingerprint density at radius 2 is 1.52 bits per heavy atom. The molecule has 0 spiro atoms. The molecule has 7 heteroatoms. The summed E-state index contributed by atoms with van der Waals surface area (Å²) in [6.07, 6.45) is -0.387. The fraction of sp³-hybridized carbons (Fsp3) is 0.318. The molecule has 0 radical (unpaired) electrons. The Balaban J connectivity index is 1.51. The first-order valence-corrected chi connectivity index (χ1v) is 9.57. The largest absolute Gasteiger partial charge is 0.445 e. The molecule has 1 atom stereocenters. The lowest BCUT2D eigenvalue weighted by Gasteiger charge is -2.23. The van der Waals surface area contributed by atoms with Crippen LogP contribution in [-0.2, 0) is 27.5 Å². The summed E-state index contributed by atoms with van der Waals surface area (Å²) < 4.78 is 10.5. The number of alkyl carbamates (subject to hydrolysis) is 1. The number of benzene rings is 2. The Morgan fingerprint density at radius 3 is 2.14 bits per heavy atom. The number of likely N-dealkylation sites (tertiary alicyclic amines) is 1. The second-order valence-corrected chi connectivity index (χ2v) is 6.81. The predicted molar refractivity (Wildman–Crippen MR) is 106 cm³/mol. The molecular weight excluding hydrogens is 372 g/mol. The molecule has 0 saturated carbocycles. The van der Waals surface area contributed by atoms with Crippen LogP contribution >= 0.6 is 0 Å². The van der Waals surface area contributed by atoms with E-state index in [4.69, 9.17) is 9.47 Å². The number of hydrogen-bond acceptors (Lipinski definition) is 5. The summed E-state index contributed by atoms with van der Waals surface area (Å²) in [6, 6.07) is 17.8. The number of rotatable bonds is 5. The number of carbonyl (C=O) groups is 3.